The van der Waals surface area contributed by atoms with Gasteiger partial charge in [-0.25, -0.2) is 5.43 Å². The van der Waals surface area contributed by atoms with E-state index in [2.05, 4.69) is 26.5 Å². The molecule has 0 radical (unpaired) electrons. The predicted molar refractivity (Wildman–Crippen MR) is 147 cm³/mol. The molecular weight excluding hydrogens is 592 g/mol. The SMILES string of the molecule is CCOc1cc(/C=N\NC(=O)c2ccccc2-n2cccc2)cc(Br)c1OS(=O)(=O)c1ccc([N+](=O)[O-])cc1. The van der Waals surface area contributed by atoms with E-state index in [1.54, 1.807) is 19.1 Å². The van der Waals surface area contributed by atoms with Crippen molar-refractivity contribution in [1.82, 2.24) is 9.99 Å². The highest BCUT2D eigenvalue weighted by molar-refractivity contribution is 9.10. The number of carbonyl (C=O) groups is 1. The average molecular weight is 613 g/mol. The van der Waals surface area contributed by atoms with E-state index >= 15 is 0 Å². The molecule has 0 atom stereocenters. The van der Waals surface area contributed by atoms with E-state index < -0.39 is 20.9 Å². The van der Waals surface area contributed by atoms with Crippen molar-refractivity contribution in [3.8, 4) is 17.2 Å². The molecule has 0 aliphatic carbocycles. The normalized spacial score (nSPS) is 11.3. The number of ether oxygens (including phenoxy) is 1. The summed E-state index contributed by atoms with van der Waals surface area (Å²) in [5, 5.41) is 14.9. The van der Waals surface area contributed by atoms with Crippen molar-refractivity contribution in [3.05, 3.63) is 111 Å². The van der Waals surface area contributed by atoms with Gasteiger partial charge in [0.25, 0.3) is 11.6 Å². The van der Waals surface area contributed by atoms with Crippen LogP contribution in [0.4, 0.5) is 5.69 Å². The zero-order valence-corrected chi connectivity index (χ0v) is 22.8. The van der Waals surface area contributed by atoms with Crippen molar-refractivity contribution in [1.29, 1.82) is 0 Å². The van der Waals surface area contributed by atoms with E-state index in [4.69, 9.17) is 8.92 Å². The van der Waals surface area contributed by atoms with Crippen LogP contribution in [0.1, 0.15) is 22.8 Å². The summed E-state index contributed by atoms with van der Waals surface area (Å²) in [6.45, 7) is 1.92. The van der Waals surface area contributed by atoms with Crippen LogP contribution >= 0.6 is 15.9 Å². The van der Waals surface area contributed by atoms with Crippen LogP contribution in [-0.2, 0) is 10.1 Å². The van der Waals surface area contributed by atoms with Gasteiger partial charge >= 0.3 is 10.1 Å². The maximum atomic E-state index is 12.8. The molecule has 0 bridgehead atoms. The molecule has 4 aromatic rings. The number of nitrogens with zero attached hydrogens (tertiary/aromatic N) is 3. The topological polar surface area (TPSA) is 142 Å². The Bertz CT molecular complexity index is 1640. The molecule has 0 saturated heterocycles. The molecule has 0 unspecified atom stereocenters. The maximum absolute atomic E-state index is 12.8. The number of rotatable bonds is 10. The van der Waals surface area contributed by atoms with Gasteiger partial charge in [0.05, 0.1) is 33.5 Å². The number of non-ortho nitro benzene ring substituents is 1. The zero-order chi connectivity index (χ0) is 28.0. The molecule has 11 nitrogen and oxygen atoms in total. The number of carbonyl (C=O) groups excluding carboxylic acids is 1. The Balaban J connectivity index is 1.54. The fourth-order valence-corrected chi connectivity index (χ4v) is 5.11. The number of nitro benzene ring substituents is 1. The van der Waals surface area contributed by atoms with Crippen LogP contribution in [0.15, 0.2) is 99.7 Å². The third kappa shape index (κ3) is 6.51. The van der Waals surface area contributed by atoms with E-state index in [9.17, 15) is 23.3 Å². The Labute approximate surface area is 232 Å². The number of amides is 1. The molecule has 0 aliphatic rings. The third-order valence-electron chi connectivity index (χ3n) is 5.27. The molecule has 1 aromatic heterocycles. The number of hydrogen-bond donors (Lipinski definition) is 1. The molecular formula is C26H21BrN4O7S. The van der Waals surface area contributed by atoms with Gasteiger partial charge in [0.15, 0.2) is 11.5 Å². The number of benzene rings is 3. The van der Waals surface area contributed by atoms with Gasteiger partial charge in [0.2, 0.25) is 0 Å². The van der Waals surface area contributed by atoms with E-state index in [0.717, 1.165) is 24.3 Å². The Kier molecular flexibility index (Phi) is 8.42. The van der Waals surface area contributed by atoms with Gasteiger partial charge in [-0.05, 0) is 76.9 Å². The smallest absolute Gasteiger partial charge is 0.339 e. The number of halogens is 1. The van der Waals surface area contributed by atoms with Crippen LogP contribution < -0.4 is 14.3 Å². The van der Waals surface area contributed by atoms with Crippen molar-refractivity contribution in [2.75, 3.05) is 6.61 Å². The monoisotopic (exact) mass is 612 g/mol. The maximum Gasteiger partial charge on any atom is 0.339 e. The van der Waals surface area contributed by atoms with Gasteiger partial charge in [-0.2, -0.15) is 13.5 Å². The number of hydrazone groups is 1. The highest BCUT2D eigenvalue weighted by Crippen LogP contribution is 2.38. The van der Waals surface area contributed by atoms with Crippen molar-refractivity contribution in [2.45, 2.75) is 11.8 Å². The summed E-state index contributed by atoms with van der Waals surface area (Å²) < 4.78 is 38.6. The van der Waals surface area contributed by atoms with Crippen LogP contribution in [-0.4, -0.2) is 36.6 Å². The molecule has 4 rings (SSSR count). The minimum absolute atomic E-state index is 0.100. The van der Waals surface area contributed by atoms with Crippen LogP contribution in [0.3, 0.4) is 0 Å². The highest BCUT2D eigenvalue weighted by Gasteiger charge is 2.23. The van der Waals surface area contributed by atoms with Gasteiger partial charge in [-0.1, -0.05) is 12.1 Å². The first-order chi connectivity index (χ1) is 18.7. The molecule has 0 saturated carbocycles. The van der Waals surface area contributed by atoms with Crippen molar-refractivity contribution >= 4 is 43.9 Å². The standard InChI is InChI=1S/C26H21BrN4O7S/c1-2-37-24-16-18(17-28-29-26(32)21-7-3-4-8-23(21)30-13-5-6-14-30)15-22(27)25(24)38-39(35,36)20-11-9-19(10-12-20)31(33)34/h3-17H,2H2,1H3,(H,29,32)/b28-17-. The van der Waals surface area contributed by atoms with Gasteiger partial charge in [0.1, 0.15) is 4.90 Å². The largest absolute Gasteiger partial charge is 0.490 e. The van der Waals surface area contributed by atoms with Gasteiger partial charge in [-0.15, -0.1) is 0 Å². The van der Waals surface area contributed by atoms with E-state index in [-0.39, 0.29) is 33.2 Å². The summed E-state index contributed by atoms with van der Waals surface area (Å²) in [5.41, 5.74) is 3.82. The van der Waals surface area contributed by atoms with Crippen LogP contribution in [0.25, 0.3) is 5.69 Å². The molecule has 39 heavy (non-hydrogen) atoms. The molecule has 0 fully saturated rings. The third-order valence-corrected chi connectivity index (χ3v) is 7.10. The fraction of sp³-hybridized carbons (Fsp3) is 0.0769. The quantitative estimate of drug-likeness (QED) is 0.114. The summed E-state index contributed by atoms with van der Waals surface area (Å²) >= 11 is 3.30. The summed E-state index contributed by atoms with van der Waals surface area (Å²) in [4.78, 5) is 22.8. The van der Waals surface area contributed by atoms with Crippen LogP contribution in [0.5, 0.6) is 11.5 Å². The van der Waals surface area contributed by atoms with Crippen LogP contribution in [0.2, 0.25) is 0 Å². The fourth-order valence-electron chi connectivity index (χ4n) is 3.51. The lowest BCUT2D eigenvalue weighted by molar-refractivity contribution is -0.384. The highest BCUT2D eigenvalue weighted by atomic mass is 79.9. The minimum Gasteiger partial charge on any atom is -0.490 e. The molecule has 3 aromatic carbocycles. The Morgan fingerprint density at radius 1 is 1.10 bits per heavy atom. The Morgan fingerprint density at radius 2 is 1.79 bits per heavy atom. The Morgan fingerprint density at radius 3 is 2.46 bits per heavy atom. The first kappa shape index (κ1) is 27.5. The second-order valence-electron chi connectivity index (χ2n) is 7.86. The molecule has 0 aliphatic heterocycles. The van der Waals surface area contributed by atoms with Gasteiger partial charge in [-0.3, -0.25) is 14.9 Å². The summed E-state index contributed by atoms with van der Waals surface area (Å²) in [5.74, 6) is -0.436. The lowest BCUT2D eigenvalue weighted by Crippen LogP contribution is -2.19. The second-order valence-corrected chi connectivity index (χ2v) is 10.3. The Hall–Kier alpha value is -4.49. The number of nitrogens with one attached hydrogen (secondary N) is 1. The number of hydrogen-bond acceptors (Lipinski definition) is 8. The summed E-state index contributed by atoms with van der Waals surface area (Å²) in [7, 11) is -4.34. The molecule has 1 heterocycles. The van der Waals surface area contributed by atoms with Gasteiger partial charge < -0.3 is 13.5 Å². The first-order valence-corrected chi connectivity index (χ1v) is 13.6. The lowest BCUT2D eigenvalue weighted by atomic mass is 10.1. The van der Waals surface area contributed by atoms with Crippen molar-refractivity contribution < 1.29 is 27.1 Å². The molecule has 13 heteroatoms. The minimum atomic E-state index is -4.34. The molecule has 1 amide bonds. The van der Waals surface area contributed by atoms with E-state index in [1.807, 2.05) is 41.2 Å². The number of nitro groups is 1. The molecule has 200 valence electrons. The lowest BCUT2D eigenvalue weighted by Gasteiger charge is -2.14. The van der Waals surface area contributed by atoms with Crippen LogP contribution in [0, 0.1) is 10.1 Å². The van der Waals surface area contributed by atoms with Gasteiger partial charge in [0, 0.05) is 24.5 Å². The van der Waals surface area contributed by atoms with E-state index in [1.165, 1.54) is 18.3 Å². The summed E-state index contributed by atoms with van der Waals surface area (Å²) in [6.07, 6.45) is 5.03. The zero-order valence-electron chi connectivity index (χ0n) is 20.4. The van der Waals surface area contributed by atoms with Crippen molar-refractivity contribution in [2.24, 2.45) is 5.10 Å². The van der Waals surface area contributed by atoms with E-state index in [0.29, 0.717) is 16.8 Å². The molecule has 1 N–H and O–H groups in total. The number of aromatic nitrogens is 1. The second kappa shape index (κ2) is 11.9. The summed E-state index contributed by atoms with van der Waals surface area (Å²) in [6, 6.07) is 18.1. The molecule has 0 spiro atoms. The van der Waals surface area contributed by atoms with Crippen molar-refractivity contribution in [3.63, 3.8) is 0 Å². The first-order valence-electron chi connectivity index (χ1n) is 11.4. The average Bonchev–Trinajstić information content (AvgIpc) is 3.46. The predicted octanol–water partition coefficient (Wildman–Crippen LogP) is 5.08. The number of para-hydroxylation sites is 1.